The van der Waals surface area contributed by atoms with Gasteiger partial charge >= 0.3 is 5.97 Å². The van der Waals surface area contributed by atoms with Crippen LogP contribution in [0.25, 0.3) is 0 Å². The van der Waals surface area contributed by atoms with Crippen LogP contribution in [0.1, 0.15) is 58.8 Å². The highest BCUT2D eigenvalue weighted by molar-refractivity contribution is 6.01. The maximum atomic E-state index is 13.4. The van der Waals surface area contributed by atoms with Crippen LogP contribution in [0.4, 0.5) is 0 Å². The number of carbonyl (C=O) groups excluding carboxylic acids is 2. The second-order valence-electron chi connectivity index (χ2n) is 8.33. The molecule has 1 atom stereocenters. The molecule has 2 aromatic rings. The number of nitriles is 1. The Morgan fingerprint density at radius 1 is 1.19 bits per heavy atom. The van der Waals surface area contributed by atoms with Gasteiger partial charge in [-0.2, -0.15) is 5.26 Å². The fraction of sp³-hybridized carbons (Fsp3) is 0.400. The van der Waals surface area contributed by atoms with Gasteiger partial charge in [-0.1, -0.05) is 18.2 Å². The molecule has 1 amide bonds. The number of hydrogen-bond acceptors (Lipinski definition) is 5. The summed E-state index contributed by atoms with van der Waals surface area (Å²) in [6.45, 7) is 3.88. The van der Waals surface area contributed by atoms with Crippen molar-refractivity contribution in [3.05, 3.63) is 64.2 Å². The van der Waals surface area contributed by atoms with E-state index in [4.69, 9.17) is 9.47 Å². The van der Waals surface area contributed by atoms with E-state index in [9.17, 15) is 14.9 Å². The van der Waals surface area contributed by atoms with E-state index in [1.807, 2.05) is 25.1 Å². The molecule has 6 nitrogen and oxygen atoms in total. The summed E-state index contributed by atoms with van der Waals surface area (Å²) >= 11 is 0. The van der Waals surface area contributed by atoms with E-state index >= 15 is 0 Å². The Balaban J connectivity index is 1.65. The van der Waals surface area contributed by atoms with Gasteiger partial charge in [-0.15, -0.1) is 0 Å². The van der Waals surface area contributed by atoms with Crippen molar-refractivity contribution < 1.29 is 19.1 Å². The molecule has 0 bridgehead atoms. The third-order valence-corrected chi connectivity index (χ3v) is 6.13. The quantitative estimate of drug-likeness (QED) is 0.724. The number of ether oxygens (including phenoxy) is 2. The molecule has 0 saturated heterocycles. The average molecular weight is 418 g/mol. The lowest BCUT2D eigenvalue weighted by molar-refractivity contribution is -0.150. The van der Waals surface area contributed by atoms with Crippen molar-refractivity contribution in [2.75, 3.05) is 6.61 Å². The molecule has 1 unspecified atom stereocenters. The summed E-state index contributed by atoms with van der Waals surface area (Å²) in [7, 11) is 0. The number of para-hydroxylation sites is 1. The number of rotatable bonds is 6. The molecule has 0 spiro atoms. The van der Waals surface area contributed by atoms with Gasteiger partial charge < -0.3 is 14.8 Å². The van der Waals surface area contributed by atoms with Crippen molar-refractivity contribution >= 4 is 11.9 Å². The van der Waals surface area contributed by atoms with E-state index in [1.54, 1.807) is 25.1 Å². The van der Waals surface area contributed by atoms with Crippen LogP contribution < -0.4 is 10.1 Å². The molecule has 1 fully saturated rings. The minimum absolute atomic E-state index is 0.131. The summed E-state index contributed by atoms with van der Waals surface area (Å²) < 4.78 is 11.5. The number of benzene rings is 2. The molecule has 160 valence electrons. The lowest BCUT2D eigenvalue weighted by Crippen LogP contribution is -2.56. The minimum Gasteiger partial charge on any atom is -0.489 e. The number of esters is 1. The molecule has 1 saturated carbocycles. The fourth-order valence-corrected chi connectivity index (χ4v) is 4.23. The highest BCUT2D eigenvalue weighted by Crippen LogP contribution is 2.34. The first-order valence-corrected chi connectivity index (χ1v) is 10.7. The molecular weight excluding hydrogens is 392 g/mol. The summed E-state index contributed by atoms with van der Waals surface area (Å²) in [5.41, 5.74) is 2.44. The first kappa shape index (κ1) is 20.9. The van der Waals surface area contributed by atoms with Gasteiger partial charge in [0.05, 0.1) is 29.9 Å². The number of nitrogens with one attached hydrogen (secondary N) is 1. The Hall–Kier alpha value is -3.33. The second-order valence-corrected chi connectivity index (χ2v) is 8.33. The largest absolute Gasteiger partial charge is 0.489 e. The number of aryl methyl sites for hydroxylation is 1. The zero-order chi connectivity index (χ0) is 22.0. The van der Waals surface area contributed by atoms with Gasteiger partial charge in [0.15, 0.2) is 0 Å². The minimum atomic E-state index is -1.21. The van der Waals surface area contributed by atoms with Crippen LogP contribution in [0, 0.1) is 18.3 Å². The first-order chi connectivity index (χ1) is 15.0. The number of carbonyl (C=O) groups is 2. The summed E-state index contributed by atoms with van der Waals surface area (Å²) in [6.07, 6.45) is 3.84. The molecular formula is C25H26N2O4. The molecule has 2 aliphatic carbocycles. The third kappa shape index (κ3) is 4.00. The molecule has 2 aromatic carbocycles. The predicted molar refractivity (Wildman–Crippen MR) is 115 cm³/mol. The molecule has 0 aromatic heterocycles. The molecule has 0 heterocycles. The summed E-state index contributed by atoms with van der Waals surface area (Å²) in [5, 5.41) is 12.2. The van der Waals surface area contributed by atoms with Gasteiger partial charge in [0.2, 0.25) is 0 Å². The van der Waals surface area contributed by atoms with E-state index in [0.29, 0.717) is 23.3 Å². The van der Waals surface area contributed by atoms with Gasteiger partial charge in [0, 0.05) is 12.8 Å². The summed E-state index contributed by atoms with van der Waals surface area (Å²) in [5.74, 6) is -0.252. The molecule has 2 aliphatic rings. The standard InChI is InChI=1S/C25H26N2O4/c1-3-30-24(29)25(13-18-11-10-17(15-26)12-19(18)14-25)27-23(28)21-9-4-6-16(2)22(21)31-20-7-5-8-20/h4,6,9-12,20H,3,5,7-8,13-14H2,1-2H3,(H,27,28). The van der Waals surface area contributed by atoms with E-state index < -0.39 is 11.5 Å². The van der Waals surface area contributed by atoms with Crippen molar-refractivity contribution in [1.82, 2.24) is 5.32 Å². The summed E-state index contributed by atoms with van der Waals surface area (Å²) in [4.78, 5) is 26.4. The van der Waals surface area contributed by atoms with Crippen molar-refractivity contribution in [1.29, 1.82) is 5.26 Å². The Kier molecular flexibility index (Phi) is 5.69. The highest BCUT2D eigenvalue weighted by atomic mass is 16.5. The molecule has 1 N–H and O–H groups in total. The van der Waals surface area contributed by atoms with Crippen molar-refractivity contribution in [2.45, 2.75) is 57.6 Å². The molecule has 31 heavy (non-hydrogen) atoms. The van der Waals surface area contributed by atoms with Crippen LogP contribution in [0.5, 0.6) is 5.75 Å². The SMILES string of the molecule is CCOC(=O)C1(NC(=O)c2cccc(C)c2OC2CCC2)Cc2ccc(C#N)cc2C1. The third-order valence-electron chi connectivity index (χ3n) is 6.13. The lowest BCUT2D eigenvalue weighted by atomic mass is 9.94. The Bertz CT molecular complexity index is 1070. The van der Waals surface area contributed by atoms with Crippen LogP contribution in [-0.2, 0) is 22.4 Å². The van der Waals surface area contributed by atoms with Gasteiger partial charge in [-0.25, -0.2) is 4.79 Å². The van der Waals surface area contributed by atoms with E-state index in [0.717, 1.165) is 36.0 Å². The van der Waals surface area contributed by atoms with E-state index in [1.165, 1.54) is 0 Å². The normalized spacial score (nSPS) is 19.6. The second kappa shape index (κ2) is 8.43. The van der Waals surface area contributed by atoms with E-state index in [2.05, 4.69) is 11.4 Å². The van der Waals surface area contributed by atoms with Crippen LogP contribution >= 0.6 is 0 Å². The first-order valence-electron chi connectivity index (χ1n) is 10.7. The Labute approximate surface area is 182 Å². The zero-order valence-electron chi connectivity index (χ0n) is 17.9. The van der Waals surface area contributed by atoms with Crippen LogP contribution in [-0.4, -0.2) is 30.1 Å². The number of amides is 1. The molecule has 0 radical (unpaired) electrons. The van der Waals surface area contributed by atoms with E-state index in [-0.39, 0.29) is 25.0 Å². The summed E-state index contributed by atoms with van der Waals surface area (Å²) in [6, 6.07) is 12.9. The zero-order valence-corrected chi connectivity index (χ0v) is 17.9. The Morgan fingerprint density at radius 3 is 2.65 bits per heavy atom. The lowest BCUT2D eigenvalue weighted by Gasteiger charge is -2.30. The maximum Gasteiger partial charge on any atom is 0.332 e. The van der Waals surface area contributed by atoms with Crippen LogP contribution in [0.2, 0.25) is 0 Å². The maximum absolute atomic E-state index is 13.4. The van der Waals surface area contributed by atoms with Crippen molar-refractivity contribution in [2.24, 2.45) is 0 Å². The number of fused-ring (bicyclic) bond motifs is 1. The predicted octanol–water partition coefficient (Wildman–Crippen LogP) is 3.63. The Morgan fingerprint density at radius 2 is 1.97 bits per heavy atom. The van der Waals surface area contributed by atoms with Gasteiger partial charge in [0.25, 0.3) is 5.91 Å². The van der Waals surface area contributed by atoms with Crippen LogP contribution in [0.15, 0.2) is 36.4 Å². The van der Waals surface area contributed by atoms with Gasteiger partial charge in [-0.3, -0.25) is 4.79 Å². The smallest absolute Gasteiger partial charge is 0.332 e. The van der Waals surface area contributed by atoms with Crippen molar-refractivity contribution in [3.8, 4) is 11.8 Å². The molecule has 6 heteroatoms. The van der Waals surface area contributed by atoms with Gasteiger partial charge in [0.1, 0.15) is 11.3 Å². The number of hydrogen-bond donors (Lipinski definition) is 1. The highest BCUT2D eigenvalue weighted by Gasteiger charge is 2.47. The number of nitrogens with zero attached hydrogens (tertiary/aromatic N) is 1. The monoisotopic (exact) mass is 418 g/mol. The topological polar surface area (TPSA) is 88.4 Å². The average Bonchev–Trinajstić information content (AvgIpc) is 3.09. The van der Waals surface area contributed by atoms with Crippen LogP contribution in [0.3, 0.4) is 0 Å². The molecule has 4 rings (SSSR count). The fourth-order valence-electron chi connectivity index (χ4n) is 4.23. The molecule has 0 aliphatic heterocycles. The van der Waals surface area contributed by atoms with Gasteiger partial charge in [-0.05, 0) is 68.0 Å². The van der Waals surface area contributed by atoms with Crippen molar-refractivity contribution in [3.63, 3.8) is 0 Å².